The lowest BCUT2D eigenvalue weighted by Crippen LogP contribution is -3.07. The van der Waals surface area contributed by atoms with E-state index in [-0.39, 0.29) is 0 Å². The van der Waals surface area contributed by atoms with Crippen molar-refractivity contribution in [3.63, 3.8) is 0 Å². The second kappa shape index (κ2) is 5.67. The first kappa shape index (κ1) is 12.6. The van der Waals surface area contributed by atoms with Gasteiger partial charge in [-0.15, -0.1) is 22.9 Å². The van der Waals surface area contributed by atoms with Gasteiger partial charge in [0.05, 0.1) is 24.3 Å². The summed E-state index contributed by atoms with van der Waals surface area (Å²) in [5.41, 5.74) is 0. The molecule has 86 valence electrons. The number of fused-ring (bicyclic) bond motifs is 1. The molecule has 1 aromatic carbocycles. The molecule has 2 aromatic rings. The van der Waals surface area contributed by atoms with Crippen molar-refractivity contribution in [1.82, 2.24) is 0 Å². The van der Waals surface area contributed by atoms with Gasteiger partial charge in [0.2, 0.25) is 0 Å². The van der Waals surface area contributed by atoms with Gasteiger partial charge in [-0.3, -0.25) is 0 Å². The Bertz CT molecular complexity index is 483. The first-order valence-corrected chi connectivity index (χ1v) is 7.67. The minimum atomic E-state index is 0.731. The number of benzene rings is 1. The van der Waals surface area contributed by atoms with Crippen molar-refractivity contribution in [2.45, 2.75) is 6.54 Å². The van der Waals surface area contributed by atoms with Crippen molar-refractivity contribution < 1.29 is 4.90 Å². The predicted molar refractivity (Wildman–Crippen MR) is 80.7 cm³/mol. The molecule has 0 aliphatic carbocycles. The Hall–Kier alpha value is 0.160. The van der Waals surface area contributed by atoms with E-state index in [1.54, 1.807) is 0 Å². The summed E-state index contributed by atoms with van der Waals surface area (Å²) in [4.78, 5) is 2.91. The summed E-state index contributed by atoms with van der Waals surface area (Å²) in [5, 5.41) is 1.37. The quantitative estimate of drug-likeness (QED) is 0.627. The number of rotatable bonds is 4. The summed E-state index contributed by atoms with van der Waals surface area (Å²) in [6, 6.07) is 8.92. The first-order chi connectivity index (χ1) is 7.69. The van der Waals surface area contributed by atoms with Crippen molar-refractivity contribution in [2.75, 3.05) is 19.5 Å². The molecule has 0 fully saturated rings. The Labute approximate surface area is 119 Å². The number of halogens is 2. The van der Waals surface area contributed by atoms with Crippen molar-refractivity contribution >= 4 is 55.6 Å². The average molecular weight is 367 g/mol. The molecule has 1 heterocycles. The molecule has 0 spiro atoms. The highest BCUT2D eigenvalue weighted by Gasteiger charge is 2.07. The Morgan fingerprint density at radius 2 is 2.19 bits per heavy atom. The normalized spacial score (nSPS) is 13.2. The lowest BCUT2D eigenvalue weighted by molar-refractivity contribution is -0.890. The highest BCUT2D eigenvalue weighted by Crippen LogP contribution is 2.26. The first-order valence-electron chi connectivity index (χ1n) is 5.24. The number of hydrogen-bond acceptors (Lipinski definition) is 1. The summed E-state index contributed by atoms with van der Waals surface area (Å²) in [6.07, 6.45) is 0. The molecule has 0 amide bonds. The van der Waals surface area contributed by atoms with Crippen molar-refractivity contribution in [3.05, 3.63) is 32.7 Å². The summed E-state index contributed by atoms with van der Waals surface area (Å²) in [7, 11) is 2.19. The van der Waals surface area contributed by atoms with Crippen LogP contribution in [0.4, 0.5) is 0 Å². The Kier molecular flexibility index (Phi) is 4.47. The fraction of sp³-hybridized carbons (Fsp3) is 0.333. The third-order valence-electron chi connectivity index (χ3n) is 2.53. The van der Waals surface area contributed by atoms with Gasteiger partial charge in [0.15, 0.2) is 0 Å². The molecular weight excluding hydrogens is 353 g/mol. The van der Waals surface area contributed by atoms with Crippen LogP contribution in [0.1, 0.15) is 4.88 Å². The van der Waals surface area contributed by atoms with Crippen LogP contribution in [0.5, 0.6) is 0 Å². The van der Waals surface area contributed by atoms with E-state index in [4.69, 9.17) is 11.6 Å². The van der Waals surface area contributed by atoms with E-state index >= 15 is 0 Å². The van der Waals surface area contributed by atoms with Gasteiger partial charge in [-0.05, 0) is 52.2 Å². The molecule has 1 N–H and O–H groups in total. The van der Waals surface area contributed by atoms with Crippen molar-refractivity contribution in [1.29, 1.82) is 0 Å². The predicted octanol–water partition coefficient (Wildman–Crippen LogP) is 2.76. The van der Waals surface area contributed by atoms with Gasteiger partial charge >= 0.3 is 0 Å². The molecule has 4 heteroatoms. The Balaban J connectivity index is 2.19. The third-order valence-corrected chi connectivity index (χ3v) is 4.50. The van der Waals surface area contributed by atoms with Gasteiger partial charge in [0.25, 0.3) is 0 Å². The number of thiophene rings is 1. The Morgan fingerprint density at radius 1 is 1.38 bits per heavy atom. The highest BCUT2D eigenvalue weighted by atomic mass is 127. The smallest absolute Gasteiger partial charge is 0.112 e. The average Bonchev–Trinajstić information content (AvgIpc) is 2.59. The minimum Gasteiger partial charge on any atom is -0.332 e. The van der Waals surface area contributed by atoms with Crippen LogP contribution in [-0.2, 0) is 6.54 Å². The van der Waals surface area contributed by atoms with Crippen LogP contribution < -0.4 is 4.90 Å². The summed E-state index contributed by atoms with van der Waals surface area (Å²) in [5.74, 6) is 0.731. The number of hydrogen-bond donors (Lipinski definition) is 1. The van der Waals surface area contributed by atoms with Gasteiger partial charge in [-0.25, -0.2) is 0 Å². The number of nitrogens with one attached hydrogen (secondary N) is 1. The highest BCUT2D eigenvalue weighted by molar-refractivity contribution is 14.1. The van der Waals surface area contributed by atoms with Crippen LogP contribution >= 0.6 is 45.5 Å². The van der Waals surface area contributed by atoms with Crippen LogP contribution in [0, 0.1) is 3.57 Å². The molecule has 1 atom stereocenters. The zero-order chi connectivity index (χ0) is 11.5. The van der Waals surface area contributed by atoms with Crippen LogP contribution in [0.15, 0.2) is 24.3 Å². The van der Waals surface area contributed by atoms with Gasteiger partial charge in [-0.2, -0.15) is 0 Å². The molecule has 0 bridgehead atoms. The SMILES string of the molecule is C[NH+](CCCl)Cc1cc2cc(I)ccc2s1. The number of quaternary nitrogens is 1. The van der Waals surface area contributed by atoms with E-state index in [0.717, 1.165) is 19.0 Å². The monoisotopic (exact) mass is 366 g/mol. The van der Waals surface area contributed by atoms with Gasteiger partial charge < -0.3 is 4.90 Å². The van der Waals surface area contributed by atoms with E-state index in [1.165, 1.54) is 23.4 Å². The largest absolute Gasteiger partial charge is 0.332 e. The fourth-order valence-corrected chi connectivity index (χ4v) is 3.70. The zero-order valence-corrected chi connectivity index (χ0v) is 12.8. The van der Waals surface area contributed by atoms with Gasteiger partial charge in [-0.1, -0.05) is 0 Å². The molecule has 16 heavy (non-hydrogen) atoms. The molecule has 0 aliphatic heterocycles. The van der Waals surface area contributed by atoms with Gasteiger partial charge in [0.1, 0.15) is 6.54 Å². The van der Waals surface area contributed by atoms with E-state index in [0.29, 0.717) is 0 Å². The molecule has 2 rings (SSSR count). The van der Waals surface area contributed by atoms with Crippen molar-refractivity contribution in [3.8, 4) is 0 Å². The topological polar surface area (TPSA) is 4.44 Å². The maximum atomic E-state index is 5.74. The second-order valence-corrected chi connectivity index (χ2v) is 6.76. The maximum absolute atomic E-state index is 5.74. The van der Waals surface area contributed by atoms with Crippen LogP contribution in [0.3, 0.4) is 0 Å². The van der Waals surface area contributed by atoms with E-state index in [2.05, 4.69) is 53.9 Å². The standard InChI is InChI=1S/C12H13ClINS/c1-15(5-4-13)8-11-7-9-6-10(14)2-3-12(9)16-11/h2-3,6-7H,4-5,8H2,1H3/p+1. The molecule has 0 aliphatic rings. The molecule has 1 aromatic heterocycles. The third kappa shape index (κ3) is 3.09. The molecule has 0 saturated heterocycles. The zero-order valence-electron chi connectivity index (χ0n) is 9.09. The van der Waals surface area contributed by atoms with E-state index < -0.39 is 0 Å². The van der Waals surface area contributed by atoms with Crippen LogP contribution in [-0.4, -0.2) is 19.5 Å². The minimum absolute atomic E-state index is 0.731. The summed E-state index contributed by atoms with van der Waals surface area (Å²) < 4.78 is 2.69. The van der Waals surface area contributed by atoms with E-state index in [9.17, 15) is 0 Å². The molecule has 1 unspecified atom stereocenters. The summed E-state index contributed by atoms with van der Waals surface area (Å²) in [6.45, 7) is 2.09. The second-order valence-electron chi connectivity index (χ2n) is 3.97. The summed E-state index contributed by atoms with van der Waals surface area (Å²) >= 11 is 9.99. The Morgan fingerprint density at radius 3 is 2.94 bits per heavy atom. The van der Waals surface area contributed by atoms with E-state index in [1.807, 2.05) is 11.3 Å². The van der Waals surface area contributed by atoms with Crippen LogP contribution in [0.2, 0.25) is 0 Å². The van der Waals surface area contributed by atoms with Crippen LogP contribution in [0.25, 0.3) is 10.1 Å². The fourth-order valence-electron chi connectivity index (χ4n) is 1.70. The maximum Gasteiger partial charge on any atom is 0.112 e. The molecule has 1 nitrogen and oxygen atoms in total. The van der Waals surface area contributed by atoms with Crippen molar-refractivity contribution in [2.24, 2.45) is 0 Å². The molecule has 0 radical (unpaired) electrons. The number of alkyl halides is 1. The lowest BCUT2D eigenvalue weighted by Gasteiger charge is -2.09. The molecule has 0 saturated carbocycles. The lowest BCUT2D eigenvalue weighted by atomic mass is 10.2. The molecular formula is C12H14ClINS+. The van der Waals surface area contributed by atoms with Gasteiger partial charge in [0, 0.05) is 8.27 Å².